The lowest BCUT2D eigenvalue weighted by atomic mass is 9.89. The molecule has 6 heteroatoms. The molecule has 1 aliphatic heterocycles. The number of hydrogen-bond donors (Lipinski definition) is 1. The third-order valence-electron chi connectivity index (χ3n) is 6.89. The number of carbonyl (C=O) groups is 2. The smallest absolute Gasteiger partial charge is 0.307 e. The van der Waals surface area contributed by atoms with Crippen molar-refractivity contribution in [2.45, 2.75) is 31.7 Å². The molecule has 0 saturated heterocycles. The van der Waals surface area contributed by atoms with E-state index in [0.717, 1.165) is 17.5 Å². The summed E-state index contributed by atoms with van der Waals surface area (Å²) >= 11 is 0. The Labute approximate surface area is 197 Å². The van der Waals surface area contributed by atoms with Crippen LogP contribution in [0, 0.1) is 11.7 Å². The number of rotatable bonds is 6. The maximum atomic E-state index is 15.3. The van der Waals surface area contributed by atoms with Crippen LogP contribution in [0.15, 0.2) is 60.7 Å². The molecule has 34 heavy (non-hydrogen) atoms. The highest BCUT2D eigenvalue weighted by molar-refractivity contribution is 5.84. The van der Waals surface area contributed by atoms with Crippen molar-refractivity contribution in [3.8, 4) is 16.9 Å². The molecular weight excluding hydrogens is 433 g/mol. The Morgan fingerprint density at radius 1 is 1.12 bits per heavy atom. The van der Waals surface area contributed by atoms with Gasteiger partial charge in [0.2, 0.25) is 5.91 Å². The zero-order chi connectivity index (χ0) is 23.8. The van der Waals surface area contributed by atoms with Crippen LogP contribution in [0.1, 0.15) is 34.6 Å². The van der Waals surface area contributed by atoms with Gasteiger partial charge in [-0.1, -0.05) is 42.5 Å². The lowest BCUT2D eigenvalue weighted by molar-refractivity contribution is -0.136. The second-order valence-corrected chi connectivity index (χ2v) is 9.03. The van der Waals surface area contributed by atoms with Crippen molar-refractivity contribution in [3.63, 3.8) is 0 Å². The molecule has 2 aliphatic rings. The number of amides is 1. The van der Waals surface area contributed by atoms with Crippen molar-refractivity contribution in [1.29, 1.82) is 0 Å². The van der Waals surface area contributed by atoms with Gasteiger partial charge in [-0.2, -0.15) is 0 Å². The number of halogens is 1. The highest BCUT2D eigenvalue weighted by Crippen LogP contribution is 2.49. The van der Waals surface area contributed by atoms with Gasteiger partial charge in [-0.05, 0) is 59.2 Å². The van der Waals surface area contributed by atoms with Crippen LogP contribution in [0.4, 0.5) is 4.39 Å². The van der Waals surface area contributed by atoms with E-state index >= 15 is 4.39 Å². The fraction of sp³-hybridized carbons (Fsp3) is 0.286. The molecule has 1 heterocycles. The summed E-state index contributed by atoms with van der Waals surface area (Å²) in [6, 6.07) is 18.3. The molecular formula is C28H26FNO4. The van der Waals surface area contributed by atoms with Gasteiger partial charge >= 0.3 is 5.97 Å². The number of carboxylic acids is 1. The molecule has 0 unspecified atom stereocenters. The third kappa shape index (κ3) is 4.16. The minimum absolute atomic E-state index is 0.0330. The summed E-state index contributed by atoms with van der Waals surface area (Å²) in [7, 11) is 1.51. The van der Waals surface area contributed by atoms with Gasteiger partial charge in [0.15, 0.2) is 0 Å². The van der Waals surface area contributed by atoms with Gasteiger partial charge in [0.1, 0.15) is 11.6 Å². The Morgan fingerprint density at radius 3 is 2.65 bits per heavy atom. The lowest BCUT2D eigenvalue weighted by Gasteiger charge is -2.31. The highest BCUT2D eigenvalue weighted by Gasteiger charge is 2.46. The van der Waals surface area contributed by atoms with E-state index in [0.29, 0.717) is 42.0 Å². The number of carbonyl (C=O) groups excluding carboxylic acids is 1. The molecule has 2 atom stereocenters. The Balaban J connectivity index is 1.47. The molecule has 1 fully saturated rings. The first-order chi connectivity index (χ1) is 16.5. The SMILES string of the molecule is COc1ccc(CC(=O)O)cc1-c1c(F)ccc2c1CN(C(=O)[C@@H]1C[C@H]1c1ccccc1)CC2. The predicted octanol–water partition coefficient (Wildman–Crippen LogP) is 4.82. The summed E-state index contributed by atoms with van der Waals surface area (Å²) in [6.07, 6.45) is 1.32. The zero-order valence-electron chi connectivity index (χ0n) is 19.0. The van der Waals surface area contributed by atoms with E-state index in [-0.39, 0.29) is 24.2 Å². The average Bonchev–Trinajstić information content (AvgIpc) is 3.64. The first-order valence-corrected chi connectivity index (χ1v) is 11.5. The molecule has 3 aromatic carbocycles. The number of fused-ring (bicyclic) bond motifs is 1. The van der Waals surface area contributed by atoms with Gasteiger partial charge < -0.3 is 14.7 Å². The van der Waals surface area contributed by atoms with Crippen LogP contribution in [0.2, 0.25) is 0 Å². The molecule has 1 amide bonds. The van der Waals surface area contributed by atoms with Gasteiger partial charge in [0.25, 0.3) is 0 Å². The molecule has 5 nitrogen and oxygen atoms in total. The summed E-state index contributed by atoms with van der Waals surface area (Å²) in [4.78, 5) is 26.4. The average molecular weight is 460 g/mol. The van der Waals surface area contributed by atoms with Gasteiger partial charge in [0.05, 0.1) is 13.5 Å². The van der Waals surface area contributed by atoms with Crippen LogP contribution >= 0.6 is 0 Å². The monoisotopic (exact) mass is 459 g/mol. The van der Waals surface area contributed by atoms with Crippen molar-refractivity contribution in [1.82, 2.24) is 4.90 Å². The van der Waals surface area contributed by atoms with Crippen molar-refractivity contribution in [2.24, 2.45) is 5.92 Å². The first kappa shape index (κ1) is 22.1. The Hall–Kier alpha value is -3.67. The van der Waals surface area contributed by atoms with E-state index in [1.54, 1.807) is 24.3 Å². The summed E-state index contributed by atoms with van der Waals surface area (Å²) in [6.45, 7) is 0.927. The molecule has 0 radical (unpaired) electrons. The quantitative estimate of drug-likeness (QED) is 0.574. The highest BCUT2D eigenvalue weighted by atomic mass is 19.1. The van der Waals surface area contributed by atoms with Crippen LogP contribution in [0.5, 0.6) is 5.75 Å². The van der Waals surface area contributed by atoms with Crippen LogP contribution in [-0.2, 0) is 29.0 Å². The van der Waals surface area contributed by atoms with Crippen LogP contribution in [0.25, 0.3) is 11.1 Å². The van der Waals surface area contributed by atoms with Gasteiger partial charge in [-0.15, -0.1) is 0 Å². The van der Waals surface area contributed by atoms with Crippen LogP contribution in [-0.4, -0.2) is 35.5 Å². The van der Waals surface area contributed by atoms with Gasteiger partial charge in [-0.3, -0.25) is 9.59 Å². The fourth-order valence-corrected chi connectivity index (χ4v) is 5.09. The standard InChI is InChI=1S/C28H26FNO4/c1-34-25-10-7-17(14-26(31)32)13-22(25)27-23-16-30(12-11-19(23)8-9-24(27)29)28(33)21-15-20(21)18-5-3-2-4-6-18/h2-10,13,20-21H,11-12,14-16H2,1H3,(H,31,32)/t20-,21+/m0/s1. The predicted molar refractivity (Wildman–Crippen MR) is 126 cm³/mol. The summed E-state index contributed by atoms with van der Waals surface area (Å²) in [5, 5.41) is 9.21. The zero-order valence-corrected chi connectivity index (χ0v) is 19.0. The largest absolute Gasteiger partial charge is 0.496 e. The van der Waals surface area contributed by atoms with E-state index in [1.165, 1.54) is 18.7 Å². The van der Waals surface area contributed by atoms with Crippen LogP contribution in [0.3, 0.4) is 0 Å². The fourth-order valence-electron chi connectivity index (χ4n) is 5.09. The Kier molecular flexibility index (Phi) is 5.82. The number of nitrogens with zero attached hydrogens (tertiary/aromatic N) is 1. The Bertz CT molecular complexity index is 1260. The molecule has 0 aromatic heterocycles. The minimum atomic E-state index is -0.958. The van der Waals surface area contributed by atoms with Crippen LogP contribution < -0.4 is 4.74 Å². The summed E-state index contributed by atoms with van der Waals surface area (Å²) in [5.74, 6) is -0.574. The number of benzene rings is 3. The molecule has 174 valence electrons. The van der Waals surface area contributed by atoms with E-state index in [4.69, 9.17) is 4.74 Å². The maximum Gasteiger partial charge on any atom is 0.307 e. The van der Waals surface area contributed by atoms with Crippen molar-refractivity contribution >= 4 is 11.9 Å². The topological polar surface area (TPSA) is 66.8 Å². The minimum Gasteiger partial charge on any atom is -0.496 e. The maximum absolute atomic E-state index is 15.3. The molecule has 5 rings (SSSR count). The normalized spacial score (nSPS) is 18.8. The number of aliphatic carboxylic acids is 1. The van der Waals surface area contributed by atoms with E-state index in [2.05, 4.69) is 12.1 Å². The van der Waals surface area contributed by atoms with Crippen molar-refractivity contribution < 1.29 is 23.8 Å². The molecule has 0 spiro atoms. The molecule has 3 aromatic rings. The third-order valence-corrected chi connectivity index (χ3v) is 6.89. The molecule has 0 bridgehead atoms. The summed E-state index contributed by atoms with van der Waals surface area (Å²) < 4.78 is 20.8. The number of ether oxygens (including phenoxy) is 1. The summed E-state index contributed by atoms with van der Waals surface area (Å²) in [5.41, 5.74) is 4.41. The van der Waals surface area contributed by atoms with E-state index < -0.39 is 11.8 Å². The van der Waals surface area contributed by atoms with Gasteiger partial charge in [0, 0.05) is 30.1 Å². The molecule has 1 N–H and O–H groups in total. The second-order valence-electron chi connectivity index (χ2n) is 9.03. The first-order valence-electron chi connectivity index (χ1n) is 11.5. The second kappa shape index (κ2) is 8.93. The van der Waals surface area contributed by atoms with Crippen molar-refractivity contribution in [2.75, 3.05) is 13.7 Å². The van der Waals surface area contributed by atoms with E-state index in [9.17, 15) is 14.7 Å². The molecule has 1 saturated carbocycles. The van der Waals surface area contributed by atoms with Gasteiger partial charge in [-0.25, -0.2) is 4.39 Å². The van der Waals surface area contributed by atoms with Crippen molar-refractivity contribution in [3.05, 3.63) is 88.7 Å². The number of hydrogen-bond acceptors (Lipinski definition) is 3. The van der Waals surface area contributed by atoms with E-state index in [1.807, 2.05) is 23.1 Å². The Morgan fingerprint density at radius 2 is 1.91 bits per heavy atom. The number of methoxy groups -OCH3 is 1. The number of carboxylic acid groups (broad SMARTS) is 1. The molecule has 1 aliphatic carbocycles. The lowest BCUT2D eigenvalue weighted by Crippen LogP contribution is -2.37.